The quantitative estimate of drug-likeness (QED) is 0.778. The van der Waals surface area contributed by atoms with Gasteiger partial charge in [0.25, 0.3) is 5.91 Å². The van der Waals surface area contributed by atoms with Crippen molar-refractivity contribution < 1.29 is 17.9 Å². The second kappa shape index (κ2) is 8.44. The summed E-state index contributed by atoms with van der Waals surface area (Å²) >= 11 is 0. The second-order valence-electron chi connectivity index (χ2n) is 6.26. The largest absolute Gasteiger partial charge is 0.383 e. The van der Waals surface area contributed by atoms with Crippen LogP contribution in [0.3, 0.4) is 0 Å². The molecule has 2 aromatic rings. The summed E-state index contributed by atoms with van der Waals surface area (Å²) < 4.78 is 32.0. The molecule has 0 aliphatic rings. The average molecular weight is 376 g/mol. The molecule has 0 unspecified atom stereocenters. The third kappa shape index (κ3) is 5.14. The number of hydrogen-bond acceptors (Lipinski definition) is 4. The number of ether oxygens (including phenoxy) is 1. The van der Waals surface area contributed by atoms with E-state index in [1.165, 1.54) is 31.4 Å². The van der Waals surface area contributed by atoms with Crippen LogP contribution in [0.5, 0.6) is 0 Å². The maximum Gasteiger partial charge on any atom is 0.255 e. The number of methoxy groups -OCH3 is 1. The van der Waals surface area contributed by atoms with Crippen molar-refractivity contribution in [3.8, 4) is 0 Å². The van der Waals surface area contributed by atoms with Crippen LogP contribution in [0.1, 0.15) is 28.4 Å². The van der Waals surface area contributed by atoms with Gasteiger partial charge in [0.2, 0.25) is 10.0 Å². The molecule has 26 heavy (non-hydrogen) atoms. The SMILES string of the molecule is COC[C@@H](C)NS(=O)(=O)c1ccc(C(=O)Nc2ccc(C)c(C)c2)cc1. The van der Waals surface area contributed by atoms with Crippen LogP contribution in [-0.2, 0) is 14.8 Å². The number of nitrogens with one attached hydrogen (secondary N) is 2. The fourth-order valence-electron chi connectivity index (χ4n) is 2.42. The summed E-state index contributed by atoms with van der Waals surface area (Å²) in [6, 6.07) is 11.1. The highest BCUT2D eigenvalue weighted by Gasteiger charge is 2.18. The molecule has 0 saturated carbocycles. The van der Waals surface area contributed by atoms with Crippen molar-refractivity contribution >= 4 is 21.6 Å². The number of sulfonamides is 1. The first-order chi connectivity index (χ1) is 12.2. The van der Waals surface area contributed by atoms with Crippen molar-refractivity contribution in [3.05, 3.63) is 59.2 Å². The molecule has 0 saturated heterocycles. The lowest BCUT2D eigenvalue weighted by atomic mass is 10.1. The van der Waals surface area contributed by atoms with Gasteiger partial charge in [-0.3, -0.25) is 4.79 Å². The van der Waals surface area contributed by atoms with Crippen LogP contribution >= 0.6 is 0 Å². The summed E-state index contributed by atoms with van der Waals surface area (Å²) in [5.41, 5.74) is 3.31. The monoisotopic (exact) mass is 376 g/mol. The molecule has 0 aliphatic carbocycles. The predicted molar refractivity (Wildman–Crippen MR) is 102 cm³/mol. The van der Waals surface area contributed by atoms with E-state index in [1.807, 2.05) is 32.0 Å². The molecule has 0 fully saturated rings. The fourth-order valence-corrected chi connectivity index (χ4v) is 3.65. The summed E-state index contributed by atoms with van der Waals surface area (Å²) in [4.78, 5) is 12.4. The first-order valence-corrected chi connectivity index (χ1v) is 9.71. The topological polar surface area (TPSA) is 84.5 Å². The minimum Gasteiger partial charge on any atom is -0.383 e. The number of anilines is 1. The molecule has 6 nitrogen and oxygen atoms in total. The van der Waals surface area contributed by atoms with E-state index in [0.717, 1.165) is 11.1 Å². The number of amides is 1. The Bertz CT molecular complexity index is 877. The van der Waals surface area contributed by atoms with Crippen molar-refractivity contribution in [3.63, 3.8) is 0 Å². The van der Waals surface area contributed by atoms with E-state index in [0.29, 0.717) is 11.3 Å². The zero-order valence-corrected chi connectivity index (χ0v) is 16.2. The van der Waals surface area contributed by atoms with Crippen LogP contribution in [0.4, 0.5) is 5.69 Å². The van der Waals surface area contributed by atoms with Crippen LogP contribution in [0.15, 0.2) is 47.4 Å². The van der Waals surface area contributed by atoms with Crippen molar-refractivity contribution in [2.75, 3.05) is 19.0 Å². The lowest BCUT2D eigenvalue weighted by Crippen LogP contribution is -2.35. The van der Waals surface area contributed by atoms with Crippen molar-refractivity contribution in [1.29, 1.82) is 0 Å². The Kier molecular flexibility index (Phi) is 6.52. The van der Waals surface area contributed by atoms with Crippen LogP contribution in [0.2, 0.25) is 0 Å². The molecule has 7 heteroatoms. The fraction of sp³-hybridized carbons (Fsp3) is 0.316. The van der Waals surface area contributed by atoms with Gasteiger partial charge in [-0.05, 0) is 68.3 Å². The van der Waals surface area contributed by atoms with Gasteiger partial charge in [0.1, 0.15) is 0 Å². The van der Waals surface area contributed by atoms with Gasteiger partial charge in [0.15, 0.2) is 0 Å². The minimum atomic E-state index is -3.66. The summed E-state index contributed by atoms with van der Waals surface area (Å²) in [5, 5.41) is 2.81. The standard InChI is InChI=1S/C19H24N2O4S/c1-13-5-8-17(11-14(13)2)20-19(22)16-6-9-18(10-7-16)26(23,24)21-15(3)12-25-4/h5-11,15,21H,12H2,1-4H3,(H,20,22)/t15-/m1/s1. The van der Waals surface area contributed by atoms with Crippen LogP contribution in [0, 0.1) is 13.8 Å². The molecule has 0 aromatic heterocycles. The summed E-state index contributed by atoms with van der Waals surface area (Å²) in [7, 11) is -2.15. The molecule has 0 heterocycles. The van der Waals surface area contributed by atoms with E-state index >= 15 is 0 Å². The van der Waals surface area contributed by atoms with E-state index in [9.17, 15) is 13.2 Å². The smallest absolute Gasteiger partial charge is 0.255 e. The molecule has 1 amide bonds. The molecule has 2 rings (SSSR count). The summed E-state index contributed by atoms with van der Waals surface area (Å²) in [6.07, 6.45) is 0. The van der Waals surface area contributed by atoms with Crippen LogP contribution in [0.25, 0.3) is 0 Å². The van der Waals surface area contributed by atoms with Gasteiger partial charge in [0.05, 0.1) is 11.5 Å². The molecule has 0 aliphatic heterocycles. The molecule has 0 radical (unpaired) electrons. The van der Waals surface area contributed by atoms with Gasteiger partial charge in [-0.1, -0.05) is 6.07 Å². The third-order valence-corrected chi connectivity index (χ3v) is 5.57. The normalized spacial score (nSPS) is 12.6. The van der Waals surface area contributed by atoms with Crippen molar-refractivity contribution in [2.45, 2.75) is 31.7 Å². The van der Waals surface area contributed by atoms with E-state index in [2.05, 4.69) is 10.0 Å². The Labute approximate surface area is 154 Å². The van der Waals surface area contributed by atoms with Gasteiger partial charge in [0, 0.05) is 24.4 Å². The molecular weight excluding hydrogens is 352 g/mol. The highest BCUT2D eigenvalue weighted by atomic mass is 32.2. The highest BCUT2D eigenvalue weighted by Crippen LogP contribution is 2.16. The molecule has 1 atom stereocenters. The van der Waals surface area contributed by atoms with E-state index in [1.54, 1.807) is 6.92 Å². The van der Waals surface area contributed by atoms with Crippen LogP contribution < -0.4 is 10.0 Å². The van der Waals surface area contributed by atoms with Gasteiger partial charge in [-0.15, -0.1) is 0 Å². The lowest BCUT2D eigenvalue weighted by molar-refractivity contribution is 0.102. The zero-order valence-electron chi connectivity index (χ0n) is 15.4. The van der Waals surface area contributed by atoms with Gasteiger partial charge in [-0.25, -0.2) is 13.1 Å². The maximum atomic E-state index is 12.3. The second-order valence-corrected chi connectivity index (χ2v) is 7.97. The van der Waals surface area contributed by atoms with Crippen molar-refractivity contribution in [1.82, 2.24) is 4.72 Å². The minimum absolute atomic E-state index is 0.100. The molecule has 0 spiro atoms. The Morgan fingerprint density at radius 1 is 1.08 bits per heavy atom. The molecule has 2 aromatic carbocycles. The van der Waals surface area contributed by atoms with Crippen LogP contribution in [-0.4, -0.2) is 34.1 Å². The average Bonchev–Trinajstić information content (AvgIpc) is 2.58. The van der Waals surface area contributed by atoms with E-state index in [-0.39, 0.29) is 23.5 Å². The number of rotatable bonds is 7. The number of benzene rings is 2. The molecular formula is C19H24N2O4S. The summed E-state index contributed by atoms with van der Waals surface area (Å²) in [6.45, 7) is 5.96. The Morgan fingerprint density at radius 3 is 2.31 bits per heavy atom. The zero-order chi connectivity index (χ0) is 19.3. The van der Waals surface area contributed by atoms with Gasteiger partial charge < -0.3 is 10.1 Å². The molecule has 0 bridgehead atoms. The Morgan fingerprint density at radius 2 is 1.73 bits per heavy atom. The maximum absolute atomic E-state index is 12.3. The third-order valence-electron chi connectivity index (χ3n) is 3.96. The number of carbonyl (C=O) groups excluding carboxylic acids is 1. The van der Waals surface area contributed by atoms with Gasteiger partial charge >= 0.3 is 0 Å². The number of carbonyl (C=O) groups is 1. The highest BCUT2D eigenvalue weighted by molar-refractivity contribution is 7.89. The number of hydrogen-bond donors (Lipinski definition) is 2. The summed E-state index contributed by atoms with van der Waals surface area (Å²) in [5.74, 6) is -0.294. The number of aryl methyl sites for hydroxylation is 2. The Hall–Kier alpha value is -2.22. The predicted octanol–water partition coefficient (Wildman–Crippen LogP) is 2.87. The van der Waals surface area contributed by atoms with Gasteiger partial charge in [-0.2, -0.15) is 0 Å². The van der Waals surface area contributed by atoms with E-state index in [4.69, 9.17) is 4.74 Å². The molecule has 2 N–H and O–H groups in total. The lowest BCUT2D eigenvalue weighted by Gasteiger charge is -2.13. The Balaban J connectivity index is 2.10. The first-order valence-electron chi connectivity index (χ1n) is 8.23. The molecule has 140 valence electrons. The first kappa shape index (κ1) is 20.1. The van der Waals surface area contributed by atoms with E-state index < -0.39 is 10.0 Å². The van der Waals surface area contributed by atoms with Crippen molar-refractivity contribution in [2.24, 2.45) is 0 Å².